The van der Waals surface area contributed by atoms with Crippen LogP contribution in [0.4, 0.5) is 0 Å². The summed E-state index contributed by atoms with van der Waals surface area (Å²) >= 11 is 0. The van der Waals surface area contributed by atoms with E-state index in [9.17, 15) is 19.8 Å². The van der Waals surface area contributed by atoms with E-state index in [2.05, 4.69) is 27.7 Å². The maximum absolute atomic E-state index is 11.2. The molecule has 4 aromatic carbocycles. The highest BCUT2D eigenvalue weighted by atomic mass is 16.7. The van der Waals surface area contributed by atoms with Gasteiger partial charge in [-0.15, -0.1) is 0 Å². The Labute approximate surface area is 249 Å². The van der Waals surface area contributed by atoms with E-state index >= 15 is 0 Å². The van der Waals surface area contributed by atoms with Gasteiger partial charge < -0.3 is 29.2 Å². The number of carbonyl (C=O) groups is 2. The minimum atomic E-state index is -0.994. The van der Waals surface area contributed by atoms with Crippen molar-refractivity contribution < 1.29 is 38.7 Å². The molecule has 220 valence electrons. The molecule has 0 aliphatic carbocycles. The van der Waals surface area contributed by atoms with Crippen LogP contribution in [0, 0.1) is 0 Å². The van der Waals surface area contributed by atoms with Gasteiger partial charge in [0, 0.05) is 46.9 Å². The largest absolute Gasteiger partial charge is 0.478 e. The Balaban J connectivity index is 1.29. The average molecular weight is 581 g/mol. The SMILES string of the molecule is CC1(C)CC2(CC(C)(C)c3ccc(Oc4ccc(C(=O)O)cc4)cc3O2)Oc2cc(Oc3ccc(C(=O)O)cc3)ccc21. The Bertz CT molecular complexity index is 1590. The number of hydrogen-bond acceptors (Lipinski definition) is 6. The lowest BCUT2D eigenvalue weighted by molar-refractivity contribution is -0.166. The van der Waals surface area contributed by atoms with Gasteiger partial charge in [-0.05, 0) is 60.7 Å². The summed E-state index contributed by atoms with van der Waals surface area (Å²) in [5, 5.41) is 18.4. The average Bonchev–Trinajstić information content (AvgIpc) is 2.92. The first-order valence-corrected chi connectivity index (χ1v) is 14.0. The lowest BCUT2D eigenvalue weighted by Gasteiger charge is -2.51. The standard InChI is InChI=1S/C35H32O8/c1-33(2)19-35(42-29-17-25(13-15-27(29)33)40-23-9-5-21(6-10-23)31(36)37)20-34(3,4)28-16-14-26(18-30(28)43-35)41-24-11-7-22(8-12-24)32(38)39/h5-18H,19-20H2,1-4H3,(H,36,37)(H,38,39). The molecule has 0 saturated heterocycles. The van der Waals surface area contributed by atoms with Crippen LogP contribution in [0.15, 0.2) is 84.9 Å². The van der Waals surface area contributed by atoms with Gasteiger partial charge in [0.15, 0.2) is 0 Å². The fourth-order valence-corrected chi connectivity index (χ4v) is 6.19. The summed E-state index contributed by atoms with van der Waals surface area (Å²) in [6.45, 7) is 8.70. The van der Waals surface area contributed by atoms with Crippen molar-refractivity contribution in [2.45, 2.75) is 57.2 Å². The maximum atomic E-state index is 11.2. The number of carboxylic acid groups (broad SMARTS) is 2. The third kappa shape index (κ3) is 5.48. The zero-order chi connectivity index (χ0) is 30.6. The second kappa shape index (κ2) is 10.1. The van der Waals surface area contributed by atoms with Crippen molar-refractivity contribution >= 4 is 11.9 Å². The van der Waals surface area contributed by atoms with Crippen molar-refractivity contribution in [3.05, 3.63) is 107 Å². The molecule has 0 amide bonds. The molecule has 0 bridgehead atoms. The highest BCUT2D eigenvalue weighted by molar-refractivity contribution is 5.88. The summed E-state index contributed by atoms with van der Waals surface area (Å²) in [5.74, 6) is 0.563. The second-order valence-corrected chi connectivity index (χ2v) is 12.4. The van der Waals surface area contributed by atoms with Crippen molar-refractivity contribution in [1.29, 1.82) is 0 Å². The highest BCUT2D eigenvalue weighted by Gasteiger charge is 2.53. The molecular formula is C35H32O8. The molecule has 0 aromatic heterocycles. The van der Waals surface area contributed by atoms with Crippen molar-refractivity contribution in [3.8, 4) is 34.5 Å². The molecule has 0 fully saturated rings. The predicted octanol–water partition coefficient (Wildman–Crippen LogP) is 8.18. The molecule has 2 N–H and O–H groups in total. The Morgan fingerprint density at radius 2 is 0.930 bits per heavy atom. The molecule has 2 aliphatic heterocycles. The molecule has 6 rings (SSSR count). The summed E-state index contributed by atoms with van der Waals surface area (Å²) in [6, 6.07) is 24.0. The maximum Gasteiger partial charge on any atom is 0.335 e. The summed E-state index contributed by atoms with van der Waals surface area (Å²) in [7, 11) is 0. The smallest absolute Gasteiger partial charge is 0.335 e. The first kappa shape index (κ1) is 28.2. The molecule has 0 atom stereocenters. The molecule has 43 heavy (non-hydrogen) atoms. The van der Waals surface area contributed by atoms with Crippen LogP contribution < -0.4 is 18.9 Å². The quantitative estimate of drug-likeness (QED) is 0.235. The Morgan fingerprint density at radius 3 is 1.28 bits per heavy atom. The molecule has 0 saturated carbocycles. The second-order valence-electron chi connectivity index (χ2n) is 12.4. The Morgan fingerprint density at radius 1 is 0.581 bits per heavy atom. The summed E-state index contributed by atoms with van der Waals surface area (Å²) in [6.07, 6.45) is 1.24. The molecule has 0 radical (unpaired) electrons. The first-order valence-electron chi connectivity index (χ1n) is 14.0. The number of hydrogen-bond donors (Lipinski definition) is 2. The van der Waals surface area contributed by atoms with Gasteiger partial charge in [-0.2, -0.15) is 0 Å². The topological polar surface area (TPSA) is 112 Å². The monoisotopic (exact) mass is 580 g/mol. The summed E-state index contributed by atoms with van der Waals surface area (Å²) < 4.78 is 25.6. The van der Waals surface area contributed by atoms with Gasteiger partial charge in [0.2, 0.25) is 0 Å². The summed E-state index contributed by atoms with van der Waals surface area (Å²) in [4.78, 5) is 22.4. The number of fused-ring (bicyclic) bond motifs is 2. The van der Waals surface area contributed by atoms with Crippen LogP contribution in [-0.4, -0.2) is 27.9 Å². The Hall–Kier alpha value is -4.98. The number of aromatic carboxylic acids is 2. The van der Waals surface area contributed by atoms with Gasteiger partial charge in [-0.25, -0.2) is 9.59 Å². The van der Waals surface area contributed by atoms with Crippen LogP contribution in [0.2, 0.25) is 0 Å². The van der Waals surface area contributed by atoms with Gasteiger partial charge in [-0.3, -0.25) is 0 Å². The number of benzene rings is 4. The van der Waals surface area contributed by atoms with E-state index in [1.807, 2.05) is 36.4 Å². The van der Waals surface area contributed by atoms with E-state index in [0.29, 0.717) is 47.3 Å². The predicted molar refractivity (Wildman–Crippen MR) is 159 cm³/mol. The van der Waals surface area contributed by atoms with Gasteiger partial charge in [0.25, 0.3) is 5.79 Å². The lowest BCUT2D eigenvalue weighted by Crippen LogP contribution is -2.55. The highest BCUT2D eigenvalue weighted by Crippen LogP contribution is 2.54. The molecule has 1 spiro atoms. The van der Waals surface area contributed by atoms with Gasteiger partial charge in [0.05, 0.1) is 11.1 Å². The Kier molecular flexibility index (Phi) is 6.60. The van der Waals surface area contributed by atoms with Crippen LogP contribution in [0.3, 0.4) is 0 Å². The van der Waals surface area contributed by atoms with E-state index in [1.165, 1.54) is 24.3 Å². The van der Waals surface area contributed by atoms with E-state index in [0.717, 1.165) is 11.1 Å². The normalized spacial score (nSPS) is 17.0. The zero-order valence-electron chi connectivity index (χ0n) is 24.3. The third-order valence-corrected chi connectivity index (χ3v) is 8.05. The minimum absolute atomic E-state index is 0.187. The minimum Gasteiger partial charge on any atom is -0.478 e. The number of rotatable bonds is 6. The van der Waals surface area contributed by atoms with Crippen molar-refractivity contribution in [3.63, 3.8) is 0 Å². The number of carboxylic acids is 2. The molecule has 2 heterocycles. The van der Waals surface area contributed by atoms with Gasteiger partial charge in [0.1, 0.15) is 34.5 Å². The fourth-order valence-electron chi connectivity index (χ4n) is 6.19. The molecule has 4 aromatic rings. The van der Waals surface area contributed by atoms with E-state index < -0.39 is 17.7 Å². The first-order chi connectivity index (χ1) is 20.3. The molecular weight excluding hydrogens is 548 g/mol. The van der Waals surface area contributed by atoms with Crippen molar-refractivity contribution in [2.24, 2.45) is 0 Å². The molecule has 0 unspecified atom stereocenters. The lowest BCUT2D eigenvalue weighted by atomic mass is 9.69. The van der Waals surface area contributed by atoms with E-state index in [-0.39, 0.29) is 22.0 Å². The molecule has 2 aliphatic rings. The van der Waals surface area contributed by atoms with Crippen molar-refractivity contribution in [1.82, 2.24) is 0 Å². The van der Waals surface area contributed by atoms with Crippen LogP contribution in [0.25, 0.3) is 0 Å². The zero-order valence-corrected chi connectivity index (χ0v) is 24.3. The third-order valence-electron chi connectivity index (χ3n) is 8.05. The van der Waals surface area contributed by atoms with E-state index in [1.54, 1.807) is 24.3 Å². The van der Waals surface area contributed by atoms with Gasteiger partial charge >= 0.3 is 11.9 Å². The fraction of sp³-hybridized carbons (Fsp3) is 0.257. The number of ether oxygens (including phenoxy) is 4. The van der Waals surface area contributed by atoms with Crippen LogP contribution in [-0.2, 0) is 10.8 Å². The van der Waals surface area contributed by atoms with E-state index in [4.69, 9.17) is 18.9 Å². The van der Waals surface area contributed by atoms with Crippen molar-refractivity contribution in [2.75, 3.05) is 0 Å². The molecule has 8 nitrogen and oxygen atoms in total. The van der Waals surface area contributed by atoms with Crippen LogP contribution >= 0.6 is 0 Å². The van der Waals surface area contributed by atoms with Crippen LogP contribution in [0.1, 0.15) is 72.4 Å². The molecule has 8 heteroatoms. The van der Waals surface area contributed by atoms with Crippen LogP contribution in [0.5, 0.6) is 34.5 Å². The van der Waals surface area contributed by atoms with Gasteiger partial charge in [-0.1, -0.05) is 39.8 Å². The summed E-state index contributed by atoms with van der Waals surface area (Å²) in [5.41, 5.74) is 1.91.